The third kappa shape index (κ3) is 7.55. The van der Waals surface area contributed by atoms with Crippen molar-refractivity contribution in [3.63, 3.8) is 0 Å². The van der Waals surface area contributed by atoms with Crippen molar-refractivity contribution in [1.82, 2.24) is 10.2 Å². The molecule has 0 bridgehead atoms. The van der Waals surface area contributed by atoms with Crippen molar-refractivity contribution in [2.24, 2.45) is 0 Å². The van der Waals surface area contributed by atoms with Gasteiger partial charge in [-0.05, 0) is 48.2 Å². The molecule has 184 valence electrons. The van der Waals surface area contributed by atoms with Gasteiger partial charge in [-0.15, -0.1) is 0 Å². The highest BCUT2D eigenvalue weighted by Crippen LogP contribution is 2.25. The number of nitrogens with one attached hydrogen (secondary N) is 1. The number of halogens is 3. The second-order valence-electron chi connectivity index (χ2n) is 8.55. The van der Waals surface area contributed by atoms with Crippen molar-refractivity contribution >= 4 is 35.0 Å². The molecule has 0 heterocycles. The van der Waals surface area contributed by atoms with E-state index in [-0.39, 0.29) is 36.4 Å². The second-order valence-corrected chi connectivity index (χ2v) is 9.39. The Hall–Kier alpha value is -2.89. The molecule has 0 fully saturated rings. The Bertz CT molecular complexity index is 1160. The maximum absolute atomic E-state index is 14.4. The lowest BCUT2D eigenvalue weighted by Gasteiger charge is -2.32. The Balaban J connectivity index is 2.01. The van der Waals surface area contributed by atoms with E-state index in [9.17, 15) is 14.0 Å². The van der Waals surface area contributed by atoms with Crippen LogP contribution in [-0.2, 0) is 29.0 Å². The van der Waals surface area contributed by atoms with Crippen molar-refractivity contribution in [2.75, 3.05) is 0 Å². The molecule has 3 aromatic rings. The first-order chi connectivity index (χ1) is 16.8. The molecule has 0 radical (unpaired) electrons. The summed E-state index contributed by atoms with van der Waals surface area (Å²) in [7, 11) is 0. The zero-order valence-corrected chi connectivity index (χ0v) is 21.3. The molecular weight excluding hydrogens is 486 g/mol. The summed E-state index contributed by atoms with van der Waals surface area (Å²) in [5.74, 6) is -1.11. The lowest BCUT2D eigenvalue weighted by molar-refractivity contribution is -0.141. The number of hydrogen-bond acceptors (Lipinski definition) is 2. The van der Waals surface area contributed by atoms with Gasteiger partial charge in [0.15, 0.2) is 0 Å². The molecule has 0 aliphatic rings. The Kier molecular flexibility index (Phi) is 9.70. The Morgan fingerprint density at radius 1 is 0.971 bits per heavy atom. The average molecular weight is 515 g/mol. The number of benzene rings is 3. The van der Waals surface area contributed by atoms with E-state index in [1.807, 2.05) is 44.2 Å². The summed E-state index contributed by atoms with van der Waals surface area (Å²) >= 11 is 12.5. The van der Waals surface area contributed by atoms with Crippen LogP contribution in [0.2, 0.25) is 10.0 Å². The molecule has 7 heteroatoms. The van der Waals surface area contributed by atoms with Gasteiger partial charge in [-0.1, -0.05) is 84.7 Å². The largest absolute Gasteiger partial charge is 0.352 e. The summed E-state index contributed by atoms with van der Waals surface area (Å²) < 4.78 is 14.4. The highest BCUT2D eigenvalue weighted by Gasteiger charge is 2.31. The second kappa shape index (κ2) is 12.7. The molecule has 0 aromatic heterocycles. The van der Waals surface area contributed by atoms with Gasteiger partial charge < -0.3 is 10.2 Å². The number of rotatable bonds is 10. The van der Waals surface area contributed by atoms with E-state index >= 15 is 0 Å². The number of carbonyl (C=O) groups is 2. The van der Waals surface area contributed by atoms with Gasteiger partial charge in [0.05, 0.1) is 6.42 Å². The fraction of sp³-hybridized carbons (Fsp3) is 0.286. The predicted octanol–water partition coefficient (Wildman–Crippen LogP) is 6.23. The summed E-state index contributed by atoms with van der Waals surface area (Å²) in [6, 6.07) is 19.8. The van der Waals surface area contributed by atoms with Crippen molar-refractivity contribution in [2.45, 2.75) is 51.7 Å². The smallest absolute Gasteiger partial charge is 0.243 e. The van der Waals surface area contributed by atoms with E-state index in [1.165, 1.54) is 11.0 Å². The van der Waals surface area contributed by atoms with Crippen LogP contribution in [0.5, 0.6) is 0 Å². The Labute approximate surface area is 216 Å². The van der Waals surface area contributed by atoms with Crippen LogP contribution in [0.15, 0.2) is 72.8 Å². The molecule has 0 saturated carbocycles. The molecule has 0 saturated heterocycles. The summed E-state index contributed by atoms with van der Waals surface area (Å²) in [6.45, 7) is 3.97. The first-order valence-corrected chi connectivity index (χ1v) is 12.3. The average Bonchev–Trinajstić information content (AvgIpc) is 2.84. The van der Waals surface area contributed by atoms with Crippen LogP contribution < -0.4 is 5.32 Å². The van der Waals surface area contributed by atoms with E-state index in [1.54, 1.807) is 36.4 Å². The van der Waals surface area contributed by atoms with Gasteiger partial charge in [-0.3, -0.25) is 9.59 Å². The first-order valence-electron chi connectivity index (χ1n) is 11.6. The molecule has 0 aliphatic carbocycles. The topological polar surface area (TPSA) is 49.4 Å². The standard InChI is InChI=1S/C28H29Cl2FN2O2/c1-3-19(2)32-28(35)26(15-20-9-5-4-6-10-20)33(18-22-13-14-23(29)17-24(22)30)27(34)16-21-11-7-8-12-25(21)31/h4-14,17,19,26H,3,15-16,18H2,1-2H3,(H,32,35). The maximum Gasteiger partial charge on any atom is 0.243 e. The Morgan fingerprint density at radius 2 is 1.66 bits per heavy atom. The van der Waals surface area contributed by atoms with E-state index in [0.29, 0.717) is 22.0 Å². The molecule has 0 spiro atoms. The van der Waals surface area contributed by atoms with Crippen LogP contribution >= 0.6 is 23.2 Å². The minimum atomic E-state index is -0.822. The molecule has 4 nitrogen and oxygen atoms in total. The number of nitrogens with zero attached hydrogens (tertiary/aromatic N) is 1. The van der Waals surface area contributed by atoms with Crippen LogP contribution in [0.1, 0.15) is 37.0 Å². The quantitative estimate of drug-likeness (QED) is 0.348. The van der Waals surface area contributed by atoms with Crippen LogP contribution in [0, 0.1) is 5.82 Å². The number of carbonyl (C=O) groups excluding carboxylic acids is 2. The van der Waals surface area contributed by atoms with Gasteiger partial charge in [-0.2, -0.15) is 0 Å². The number of amides is 2. The van der Waals surface area contributed by atoms with E-state index < -0.39 is 11.9 Å². The van der Waals surface area contributed by atoms with Crippen molar-refractivity contribution < 1.29 is 14.0 Å². The lowest BCUT2D eigenvalue weighted by Crippen LogP contribution is -2.52. The summed E-state index contributed by atoms with van der Waals surface area (Å²) in [5, 5.41) is 3.87. The summed E-state index contributed by atoms with van der Waals surface area (Å²) in [4.78, 5) is 28.6. The van der Waals surface area contributed by atoms with E-state index in [2.05, 4.69) is 5.32 Å². The summed E-state index contributed by atoms with van der Waals surface area (Å²) in [5.41, 5.74) is 1.82. The van der Waals surface area contributed by atoms with Gasteiger partial charge in [0.2, 0.25) is 11.8 Å². The van der Waals surface area contributed by atoms with Gasteiger partial charge in [0.1, 0.15) is 11.9 Å². The molecule has 0 aliphatic heterocycles. The normalized spacial score (nSPS) is 12.6. The molecule has 3 aromatic carbocycles. The summed E-state index contributed by atoms with van der Waals surface area (Å²) in [6.07, 6.45) is 0.868. The molecular formula is C28H29Cl2FN2O2. The van der Waals surface area contributed by atoms with Crippen molar-refractivity contribution in [3.8, 4) is 0 Å². The zero-order chi connectivity index (χ0) is 25.4. The number of hydrogen-bond donors (Lipinski definition) is 1. The highest BCUT2D eigenvalue weighted by molar-refractivity contribution is 6.35. The lowest BCUT2D eigenvalue weighted by atomic mass is 10.0. The fourth-order valence-corrected chi connectivity index (χ4v) is 4.20. The van der Waals surface area contributed by atoms with Gasteiger partial charge >= 0.3 is 0 Å². The van der Waals surface area contributed by atoms with Gasteiger partial charge in [-0.25, -0.2) is 4.39 Å². The minimum absolute atomic E-state index is 0.0663. The predicted molar refractivity (Wildman–Crippen MR) is 139 cm³/mol. The third-order valence-corrected chi connectivity index (χ3v) is 6.51. The van der Waals surface area contributed by atoms with E-state index in [0.717, 1.165) is 12.0 Å². The van der Waals surface area contributed by atoms with E-state index in [4.69, 9.17) is 23.2 Å². The fourth-order valence-electron chi connectivity index (χ4n) is 3.73. The van der Waals surface area contributed by atoms with Gasteiger partial charge in [0.25, 0.3) is 0 Å². The van der Waals surface area contributed by atoms with Crippen LogP contribution in [0.4, 0.5) is 4.39 Å². The van der Waals surface area contributed by atoms with Gasteiger partial charge in [0, 0.05) is 29.1 Å². The SMILES string of the molecule is CCC(C)NC(=O)C(Cc1ccccc1)N(Cc1ccc(Cl)cc1Cl)C(=O)Cc1ccccc1F. The molecule has 2 unspecified atom stereocenters. The first kappa shape index (κ1) is 26.7. The molecule has 35 heavy (non-hydrogen) atoms. The minimum Gasteiger partial charge on any atom is -0.352 e. The molecule has 3 rings (SSSR count). The Morgan fingerprint density at radius 3 is 2.31 bits per heavy atom. The third-order valence-electron chi connectivity index (χ3n) is 5.93. The highest BCUT2D eigenvalue weighted by atomic mass is 35.5. The maximum atomic E-state index is 14.4. The molecule has 1 N–H and O–H groups in total. The molecule has 2 atom stereocenters. The van der Waals surface area contributed by atoms with Crippen LogP contribution in [0.3, 0.4) is 0 Å². The van der Waals surface area contributed by atoms with Crippen LogP contribution in [-0.4, -0.2) is 28.8 Å². The van der Waals surface area contributed by atoms with Crippen molar-refractivity contribution in [3.05, 3.63) is 105 Å². The molecule has 2 amide bonds. The monoisotopic (exact) mass is 514 g/mol. The van der Waals surface area contributed by atoms with Crippen LogP contribution in [0.25, 0.3) is 0 Å². The zero-order valence-electron chi connectivity index (χ0n) is 19.8. The van der Waals surface area contributed by atoms with Crippen molar-refractivity contribution in [1.29, 1.82) is 0 Å².